The number of hydrogen-bond acceptors (Lipinski definition) is 5. The smallest absolute Gasteiger partial charge is 0.305 e. The fourth-order valence-electron chi connectivity index (χ4n) is 3.08. The van der Waals surface area contributed by atoms with E-state index in [-0.39, 0.29) is 11.9 Å². The second kappa shape index (κ2) is 11.0. The minimum atomic E-state index is -0.238. The van der Waals surface area contributed by atoms with Crippen molar-refractivity contribution in [2.45, 2.75) is 32.3 Å². The van der Waals surface area contributed by atoms with Crippen molar-refractivity contribution in [3.8, 4) is 5.75 Å². The number of hydrogen-bond donors (Lipinski definition) is 1. The maximum atomic E-state index is 12.6. The van der Waals surface area contributed by atoms with Gasteiger partial charge in [0.2, 0.25) is 0 Å². The molecule has 0 radical (unpaired) electrons. The third kappa shape index (κ3) is 6.04. The number of para-hydroxylation sites is 1. The number of aromatic nitrogens is 1. The first-order chi connectivity index (χ1) is 14.7. The van der Waals surface area contributed by atoms with Gasteiger partial charge in [0.25, 0.3) is 5.91 Å². The van der Waals surface area contributed by atoms with E-state index in [0.717, 1.165) is 30.2 Å². The van der Waals surface area contributed by atoms with Crippen LogP contribution in [0, 0.1) is 0 Å². The molecule has 1 N–H and O–H groups in total. The Hall–Kier alpha value is -3.41. The molecule has 156 valence electrons. The molecule has 30 heavy (non-hydrogen) atoms. The predicted octanol–water partition coefficient (Wildman–Crippen LogP) is 4.28. The molecular formula is C24H26N2O4. The topological polar surface area (TPSA) is 77.5 Å². The quantitative estimate of drug-likeness (QED) is 0.402. The molecule has 0 aliphatic heterocycles. The maximum Gasteiger partial charge on any atom is 0.305 e. The van der Waals surface area contributed by atoms with Gasteiger partial charge in [0.15, 0.2) is 0 Å². The Bertz CT molecular complexity index is 989. The third-order valence-electron chi connectivity index (χ3n) is 4.72. The standard InChI is InChI=1S/C24H26N2O4/c1-29-23(27)14-6-3-9-15-25-24(28)21-16-22(19-12-7-8-13-20(19)26-21)30-17-18-10-4-2-5-11-18/h2,4-5,7-8,10-13,16H,3,6,9,14-15,17H2,1H3,(H,25,28). The molecule has 6 nitrogen and oxygen atoms in total. The number of carbonyl (C=O) groups is 2. The van der Waals surface area contributed by atoms with Crippen molar-refractivity contribution in [2.24, 2.45) is 0 Å². The van der Waals surface area contributed by atoms with E-state index >= 15 is 0 Å². The third-order valence-corrected chi connectivity index (χ3v) is 4.72. The lowest BCUT2D eigenvalue weighted by Gasteiger charge is -2.12. The lowest BCUT2D eigenvalue weighted by molar-refractivity contribution is -0.140. The Morgan fingerprint density at radius 1 is 0.967 bits per heavy atom. The molecule has 3 rings (SSSR count). The molecule has 1 heterocycles. The molecule has 2 aromatic carbocycles. The molecule has 0 aliphatic rings. The summed E-state index contributed by atoms with van der Waals surface area (Å²) in [4.78, 5) is 28.2. The number of methoxy groups -OCH3 is 1. The minimum Gasteiger partial charge on any atom is -0.488 e. The number of fused-ring (bicyclic) bond motifs is 1. The molecule has 3 aromatic rings. The molecule has 0 saturated carbocycles. The maximum absolute atomic E-state index is 12.6. The lowest BCUT2D eigenvalue weighted by Crippen LogP contribution is -2.25. The SMILES string of the molecule is COC(=O)CCCCCNC(=O)c1cc(OCc2ccccc2)c2ccccc2n1. The highest BCUT2D eigenvalue weighted by molar-refractivity contribution is 5.97. The van der Waals surface area contributed by atoms with E-state index in [1.807, 2.05) is 54.6 Å². The summed E-state index contributed by atoms with van der Waals surface area (Å²) in [5, 5.41) is 3.76. The van der Waals surface area contributed by atoms with E-state index in [1.54, 1.807) is 6.07 Å². The van der Waals surface area contributed by atoms with Crippen LogP contribution in [0.4, 0.5) is 0 Å². The fraction of sp³-hybridized carbons (Fsp3) is 0.292. The lowest BCUT2D eigenvalue weighted by atomic mass is 10.1. The Labute approximate surface area is 176 Å². The highest BCUT2D eigenvalue weighted by Crippen LogP contribution is 2.26. The van der Waals surface area contributed by atoms with Crippen molar-refractivity contribution < 1.29 is 19.1 Å². The van der Waals surface area contributed by atoms with Crippen molar-refractivity contribution in [1.82, 2.24) is 10.3 Å². The average molecular weight is 406 g/mol. The summed E-state index contributed by atoms with van der Waals surface area (Å²) < 4.78 is 10.6. The van der Waals surface area contributed by atoms with Gasteiger partial charge in [-0.2, -0.15) is 0 Å². The van der Waals surface area contributed by atoms with Crippen LogP contribution in [0.3, 0.4) is 0 Å². The molecule has 0 atom stereocenters. The van der Waals surface area contributed by atoms with Gasteiger partial charge in [0.1, 0.15) is 18.1 Å². The van der Waals surface area contributed by atoms with Gasteiger partial charge in [-0.25, -0.2) is 4.98 Å². The summed E-state index contributed by atoms with van der Waals surface area (Å²) in [5.74, 6) is 0.188. The number of unbranched alkanes of at least 4 members (excludes halogenated alkanes) is 2. The van der Waals surface area contributed by atoms with Crippen LogP contribution in [-0.4, -0.2) is 30.5 Å². The molecule has 0 saturated heterocycles. The molecule has 0 spiro atoms. The van der Waals surface area contributed by atoms with Gasteiger partial charge in [0.05, 0.1) is 12.6 Å². The van der Waals surface area contributed by atoms with Crippen LogP contribution in [0.5, 0.6) is 5.75 Å². The first-order valence-electron chi connectivity index (χ1n) is 10.1. The average Bonchev–Trinajstić information content (AvgIpc) is 2.79. The Morgan fingerprint density at radius 2 is 1.73 bits per heavy atom. The molecular weight excluding hydrogens is 380 g/mol. The van der Waals surface area contributed by atoms with Crippen LogP contribution in [0.25, 0.3) is 10.9 Å². The number of nitrogens with one attached hydrogen (secondary N) is 1. The van der Waals surface area contributed by atoms with Crippen molar-refractivity contribution in [1.29, 1.82) is 0 Å². The number of nitrogens with zero attached hydrogens (tertiary/aromatic N) is 1. The van der Waals surface area contributed by atoms with Crippen molar-refractivity contribution in [2.75, 3.05) is 13.7 Å². The summed E-state index contributed by atoms with van der Waals surface area (Å²) in [6.07, 6.45) is 2.77. The van der Waals surface area contributed by atoms with Crippen LogP contribution in [0.1, 0.15) is 41.7 Å². The van der Waals surface area contributed by atoms with Gasteiger partial charge in [-0.1, -0.05) is 48.9 Å². The highest BCUT2D eigenvalue weighted by Gasteiger charge is 2.13. The number of rotatable bonds is 10. The summed E-state index contributed by atoms with van der Waals surface area (Å²) in [5.41, 5.74) is 2.09. The number of carbonyl (C=O) groups excluding carboxylic acids is 2. The van der Waals surface area contributed by atoms with E-state index in [0.29, 0.717) is 36.5 Å². The zero-order chi connectivity index (χ0) is 21.2. The Morgan fingerprint density at radius 3 is 2.53 bits per heavy atom. The van der Waals surface area contributed by atoms with Crippen LogP contribution < -0.4 is 10.1 Å². The summed E-state index contributed by atoms with van der Waals surface area (Å²) >= 11 is 0. The van der Waals surface area contributed by atoms with Gasteiger partial charge in [-0.05, 0) is 30.5 Å². The van der Waals surface area contributed by atoms with Crippen LogP contribution >= 0.6 is 0 Å². The van der Waals surface area contributed by atoms with E-state index in [2.05, 4.69) is 15.0 Å². The van der Waals surface area contributed by atoms with E-state index < -0.39 is 0 Å². The molecule has 6 heteroatoms. The van der Waals surface area contributed by atoms with Gasteiger partial charge in [0, 0.05) is 24.4 Å². The Balaban J connectivity index is 1.62. The van der Waals surface area contributed by atoms with Gasteiger partial charge in [-0.3, -0.25) is 9.59 Å². The van der Waals surface area contributed by atoms with E-state index in [1.165, 1.54) is 7.11 Å². The summed E-state index contributed by atoms with van der Waals surface area (Å²) in [6.45, 7) is 0.935. The highest BCUT2D eigenvalue weighted by atomic mass is 16.5. The van der Waals surface area contributed by atoms with Crippen molar-refractivity contribution >= 4 is 22.8 Å². The molecule has 0 aliphatic carbocycles. The largest absolute Gasteiger partial charge is 0.488 e. The van der Waals surface area contributed by atoms with Crippen molar-refractivity contribution in [3.63, 3.8) is 0 Å². The molecule has 1 aromatic heterocycles. The van der Waals surface area contributed by atoms with Crippen LogP contribution in [0.15, 0.2) is 60.7 Å². The van der Waals surface area contributed by atoms with Crippen LogP contribution in [-0.2, 0) is 16.1 Å². The van der Waals surface area contributed by atoms with E-state index in [4.69, 9.17) is 4.74 Å². The molecule has 0 unspecified atom stereocenters. The van der Waals surface area contributed by atoms with Gasteiger partial charge >= 0.3 is 5.97 Å². The number of pyridine rings is 1. The fourth-order valence-corrected chi connectivity index (χ4v) is 3.08. The normalized spacial score (nSPS) is 10.6. The first-order valence-corrected chi connectivity index (χ1v) is 10.1. The molecule has 0 fully saturated rings. The van der Waals surface area contributed by atoms with Crippen LogP contribution in [0.2, 0.25) is 0 Å². The number of esters is 1. The minimum absolute atomic E-state index is 0.206. The Kier molecular flexibility index (Phi) is 7.78. The predicted molar refractivity (Wildman–Crippen MR) is 115 cm³/mol. The van der Waals surface area contributed by atoms with Gasteiger partial charge in [-0.15, -0.1) is 0 Å². The first kappa shape index (κ1) is 21.3. The summed E-state index contributed by atoms with van der Waals surface area (Å²) in [7, 11) is 1.39. The van der Waals surface area contributed by atoms with E-state index in [9.17, 15) is 9.59 Å². The summed E-state index contributed by atoms with van der Waals surface area (Å²) in [6, 6.07) is 19.2. The number of benzene rings is 2. The zero-order valence-corrected chi connectivity index (χ0v) is 17.1. The number of ether oxygens (including phenoxy) is 2. The number of amides is 1. The van der Waals surface area contributed by atoms with Gasteiger partial charge < -0.3 is 14.8 Å². The molecule has 0 bridgehead atoms. The molecule has 1 amide bonds. The van der Waals surface area contributed by atoms with Crippen molar-refractivity contribution in [3.05, 3.63) is 71.9 Å². The second-order valence-corrected chi connectivity index (χ2v) is 6.94. The second-order valence-electron chi connectivity index (χ2n) is 6.94. The zero-order valence-electron chi connectivity index (χ0n) is 17.1. The monoisotopic (exact) mass is 406 g/mol.